The number of ether oxygens (including phenoxy) is 1. The number of carbonyl (C=O) groups is 1. The first-order valence-corrected chi connectivity index (χ1v) is 6.40. The van der Waals surface area contributed by atoms with E-state index in [2.05, 4.69) is 4.98 Å². The highest BCUT2D eigenvalue weighted by molar-refractivity contribution is 7.98. The first-order chi connectivity index (χ1) is 7.81. The van der Waals surface area contributed by atoms with E-state index in [1.807, 2.05) is 17.2 Å². The maximum Gasteiger partial charge on any atom is 0.255 e. The van der Waals surface area contributed by atoms with Crippen LogP contribution in [0.3, 0.4) is 0 Å². The van der Waals surface area contributed by atoms with E-state index < -0.39 is 0 Å². The van der Waals surface area contributed by atoms with Crippen LogP contribution < -0.4 is 0 Å². The molecular formula is C11H14N2O2S. The van der Waals surface area contributed by atoms with Crippen molar-refractivity contribution in [3.63, 3.8) is 0 Å². The fraction of sp³-hybridized carbons (Fsp3) is 0.455. The number of nitrogens with zero attached hydrogens (tertiary/aromatic N) is 2. The molecular weight excluding hydrogens is 224 g/mol. The van der Waals surface area contributed by atoms with Crippen molar-refractivity contribution in [2.24, 2.45) is 0 Å². The molecule has 0 N–H and O–H groups in total. The van der Waals surface area contributed by atoms with Gasteiger partial charge in [0.05, 0.1) is 18.8 Å². The smallest absolute Gasteiger partial charge is 0.255 e. The third-order valence-electron chi connectivity index (χ3n) is 2.49. The maximum atomic E-state index is 12.1. The summed E-state index contributed by atoms with van der Waals surface area (Å²) < 4.78 is 5.22. The molecule has 0 aromatic carbocycles. The van der Waals surface area contributed by atoms with Crippen LogP contribution in [0.25, 0.3) is 0 Å². The van der Waals surface area contributed by atoms with Gasteiger partial charge in [-0.25, -0.2) is 0 Å². The fourth-order valence-corrected chi connectivity index (χ4v) is 2.01. The third-order valence-corrected chi connectivity index (χ3v) is 3.19. The van der Waals surface area contributed by atoms with Crippen molar-refractivity contribution in [2.45, 2.75) is 4.90 Å². The predicted molar refractivity (Wildman–Crippen MR) is 62.7 cm³/mol. The summed E-state index contributed by atoms with van der Waals surface area (Å²) in [5.41, 5.74) is 0.661. The van der Waals surface area contributed by atoms with E-state index in [1.165, 1.54) is 0 Å². The number of amides is 1. The second-order valence-electron chi connectivity index (χ2n) is 3.52. The van der Waals surface area contributed by atoms with Crippen molar-refractivity contribution < 1.29 is 9.53 Å². The van der Waals surface area contributed by atoms with Gasteiger partial charge in [-0.1, -0.05) is 0 Å². The lowest BCUT2D eigenvalue weighted by atomic mass is 10.2. The van der Waals surface area contributed by atoms with Crippen LogP contribution in [-0.4, -0.2) is 48.4 Å². The van der Waals surface area contributed by atoms with Crippen molar-refractivity contribution in [3.05, 3.63) is 24.0 Å². The van der Waals surface area contributed by atoms with E-state index in [0.29, 0.717) is 31.9 Å². The van der Waals surface area contributed by atoms with Gasteiger partial charge in [0.2, 0.25) is 0 Å². The van der Waals surface area contributed by atoms with Crippen molar-refractivity contribution in [1.29, 1.82) is 0 Å². The summed E-state index contributed by atoms with van der Waals surface area (Å²) in [5, 5.41) is 0. The average molecular weight is 238 g/mol. The molecule has 0 unspecified atom stereocenters. The molecule has 2 heterocycles. The lowest BCUT2D eigenvalue weighted by Gasteiger charge is -2.26. The fourth-order valence-electron chi connectivity index (χ4n) is 1.60. The van der Waals surface area contributed by atoms with Gasteiger partial charge >= 0.3 is 0 Å². The highest BCUT2D eigenvalue weighted by Crippen LogP contribution is 2.15. The molecule has 1 aromatic rings. The van der Waals surface area contributed by atoms with Gasteiger partial charge in [-0.3, -0.25) is 9.78 Å². The number of pyridine rings is 1. The zero-order valence-corrected chi connectivity index (χ0v) is 10.00. The molecule has 4 nitrogen and oxygen atoms in total. The van der Waals surface area contributed by atoms with Gasteiger partial charge in [-0.05, 0) is 12.3 Å². The summed E-state index contributed by atoms with van der Waals surface area (Å²) in [6.07, 6.45) is 5.36. The van der Waals surface area contributed by atoms with E-state index in [1.54, 1.807) is 24.2 Å². The summed E-state index contributed by atoms with van der Waals surface area (Å²) in [7, 11) is 0. The van der Waals surface area contributed by atoms with E-state index in [-0.39, 0.29) is 5.91 Å². The normalized spacial score (nSPS) is 16.2. The van der Waals surface area contributed by atoms with Crippen LogP contribution in [0.2, 0.25) is 0 Å². The molecule has 0 bridgehead atoms. The Morgan fingerprint density at radius 2 is 2.19 bits per heavy atom. The second-order valence-corrected chi connectivity index (χ2v) is 4.40. The minimum Gasteiger partial charge on any atom is -0.378 e. The number of aromatic nitrogens is 1. The topological polar surface area (TPSA) is 42.4 Å². The minimum atomic E-state index is 0.0479. The standard InChI is InChI=1S/C11H14N2O2S/c1-16-10-6-9(7-12-8-10)11(14)13-2-4-15-5-3-13/h6-8H,2-5H2,1H3. The molecule has 1 aliphatic rings. The van der Waals surface area contributed by atoms with Crippen LogP contribution in [-0.2, 0) is 4.74 Å². The van der Waals surface area contributed by atoms with Crippen LogP contribution in [0.15, 0.2) is 23.4 Å². The number of carbonyl (C=O) groups excluding carboxylic acids is 1. The Morgan fingerprint density at radius 3 is 2.88 bits per heavy atom. The number of thioether (sulfide) groups is 1. The van der Waals surface area contributed by atoms with Gasteiger partial charge in [0, 0.05) is 30.4 Å². The summed E-state index contributed by atoms with van der Waals surface area (Å²) in [6.45, 7) is 2.59. The molecule has 0 spiro atoms. The molecule has 0 atom stereocenters. The largest absolute Gasteiger partial charge is 0.378 e. The Labute approximate surface area is 99.0 Å². The Bertz CT molecular complexity index is 378. The molecule has 86 valence electrons. The van der Waals surface area contributed by atoms with Crippen molar-refractivity contribution in [3.8, 4) is 0 Å². The van der Waals surface area contributed by atoms with Gasteiger partial charge in [0.1, 0.15) is 0 Å². The molecule has 1 aromatic heterocycles. The van der Waals surface area contributed by atoms with Crippen molar-refractivity contribution >= 4 is 17.7 Å². The average Bonchev–Trinajstić information content (AvgIpc) is 2.39. The van der Waals surface area contributed by atoms with Gasteiger partial charge in [0.15, 0.2) is 0 Å². The first-order valence-electron chi connectivity index (χ1n) is 5.17. The van der Waals surface area contributed by atoms with Crippen molar-refractivity contribution in [1.82, 2.24) is 9.88 Å². The molecule has 16 heavy (non-hydrogen) atoms. The third kappa shape index (κ3) is 2.54. The maximum absolute atomic E-state index is 12.1. The quantitative estimate of drug-likeness (QED) is 0.728. The van der Waals surface area contributed by atoms with E-state index >= 15 is 0 Å². The SMILES string of the molecule is CSc1cncc(C(=O)N2CCOCC2)c1. The molecule has 1 fully saturated rings. The minimum absolute atomic E-state index is 0.0479. The lowest BCUT2D eigenvalue weighted by molar-refractivity contribution is 0.0302. The number of hydrogen-bond acceptors (Lipinski definition) is 4. The number of morpholine rings is 1. The molecule has 0 saturated carbocycles. The van der Waals surface area contributed by atoms with Crippen LogP contribution >= 0.6 is 11.8 Å². The monoisotopic (exact) mass is 238 g/mol. The molecule has 1 aliphatic heterocycles. The number of rotatable bonds is 2. The summed E-state index contributed by atoms with van der Waals surface area (Å²) in [4.78, 5) is 19.0. The highest BCUT2D eigenvalue weighted by Gasteiger charge is 2.18. The molecule has 1 saturated heterocycles. The van der Waals surface area contributed by atoms with Crippen molar-refractivity contribution in [2.75, 3.05) is 32.6 Å². The molecule has 1 amide bonds. The molecule has 0 radical (unpaired) electrons. The Morgan fingerprint density at radius 1 is 1.44 bits per heavy atom. The zero-order chi connectivity index (χ0) is 11.4. The Kier molecular flexibility index (Phi) is 3.79. The highest BCUT2D eigenvalue weighted by atomic mass is 32.2. The predicted octanol–water partition coefficient (Wildman–Crippen LogP) is 1.28. The summed E-state index contributed by atoms with van der Waals surface area (Å²) in [5.74, 6) is 0.0479. The van der Waals surface area contributed by atoms with E-state index in [9.17, 15) is 4.79 Å². The second kappa shape index (κ2) is 5.32. The molecule has 5 heteroatoms. The van der Waals surface area contributed by atoms with Crippen LogP contribution in [0.5, 0.6) is 0 Å². The summed E-state index contributed by atoms with van der Waals surface area (Å²) in [6, 6.07) is 1.88. The van der Waals surface area contributed by atoms with Crippen LogP contribution in [0, 0.1) is 0 Å². The van der Waals surface area contributed by atoms with Gasteiger partial charge < -0.3 is 9.64 Å². The zero-order valence-electron chi connectivity index (χ0n) is 9.18. The Balaban J connectivity index is 2.12. The number of hydrogen-bond donors (Lipinski definition) is 0. The first kappa shape index (κ1) is 11.4. The summed E-state index contributed by atoms with van der Waals surface area (Å²) >= 11 is 1.59. The molecule has 0 aliphatic carbocycles. The lowest BCUT2D eigenvalue weighted by Crippen LogP contribution is -2.40. The van der Waals surface area contributed by atoms with Gasteiger partial charge in [-0.2, -0.15) is 0 Å². The van der Waals surface area contributed by atoms with E-state index in [4.69, 9.17) is 4.74 Å². The van der Waals surface area contributed by atoms with Gasteiger partial charge in [-0.15, -0.1) is 11.8 Å². The Hall–Kier alpha value is -1.07. The van der Waals surface area contributed by atoms with Crippen LogP contribution in [0.1, 0.15) is 10.4 Å². The van der Waals surface area contributed by atoms with Crippen LogP contribution in [0.4, 0.5) is 0 Å². The van der Waals surface area contributed by atoms with E-state index in [0.717, 1.165) is 4.90 Å². The van der Waals surface area contributed by atoms with Gasteiger partial charge in [0.25, 0.3) is 5.91 Å². The molecule has 2 rings (SSSR count).